The van der Waals surface area contributed by atoms with Crippen molar-refractivity contribution in [2.45, 2.75) is 24.9 Å². The summed E-state index contributed by atoms with van der Waals surface area (Å²) >= 11 is 4.10. The minimum atomic E-state index is -3.05. The van der Waals surface area contributed by atoms with Gasteiger partial charge in [-0.05, 0) is 24.6 Å². The number of esters is 1. The van der Waals surface area contributed by atoms with Gasteiger partial charge >= 0.3 is 12.6 Å². The standard InChI is InChI=1S/C12H11F2NO3S/c1-2-17-11(16)5-7-8(6-15)9(18-12(13)14)3-4-10(7)19/h3-4,12,19H,2,5H2,1H3. The zero-order chi connectivity index (χ0) is 14.4. The summed E-state index contributed by atoms with van der Waals surface area (Å²) in [5.41, 5.74) is 0.0725. The summed E-state index contributed by atoms with van der Waals surface area (Å²) in [6.07, 6.45) is -0.226. The number of benzene rings is 1. The fourth-order valence-corrected chi connectivity index (χ4v) is 1.73. The molecule has 0 heterocycles. The van der Waals surface area contributed by atoms with Crippen molar-refractivity contribution in [3.05, 3.63) is 23.3 Å². The number of halogens is 2. The SMILES string of the molecule is CCOC(=O)Cc1c(S)ccc(OC(F)F)c1C#N. The Morgan fingerprint density at radius 1 is 1.53 bits per heavy atom. The molecule has 0 aliphatic rings. The van der Waals surface area contributed by atoms with Gasteiger partial charge in [-0.1, -0.05) is 0 Å². The number of carbonyl (C=O) groups is 1. The topological polar surface area (TPSA) is 59.3 Å². The number of carbonyl (C=O) groups excluding carboxylic acids is 1. The van der Waals surface area contributed by atoms with E-state index in [1.54, 1.807) is 13.0 Å². The molecule has 0 aromatic heterocycles. The van der Waals surface area contributed by atoms with E-state index in [2.05, 4.69) is 17.4 Å². The first kappa shape index (κ1) is 15.2. The molecule has 0 N–H and O–H groups in total. The molecule has 0 amide bonds. The Morgan fingerprint density at radius 2 is 2.21 bits per heavy atom. The minimum Gasteiger partial charge on any atom is -0.466 e. The monoisotopic (exact) mass is 287 g/mol. The van der Waals surface area contributed by atoms with E-state index >= 15 is 0 Å². The summed E-state index contributed by atoms with van der Waals surface area (Å²) in [5.74, 6) is -0.849. The van der Waals surface area contributed by atoms with Crippen molar-refractivity contribution in [3.63, 3.8) is 0 Å². The molecule has 7 heteroatoms. The number of rotatable bonds is 5. The highest BCUT2D eigenvalue weighted by Gasteiger charge is 2.18. The van der Waals surface area contributed by atoms with Crippen LogP contribution in [-0.2, 0) is 16.0 Å². The van der Waals surface area contributed by atoms with E-state index in [9.17, 15) is 13.6 Å². The van der Waals surface area contributed by atoms with E-state index in [1.165, 1.54) is 12.1 Å². The van der Waals surface area contributed by atoms with Gasteiger partial charge in [0.05, 0.1) is 18.6 Å². The highest BCUT2D eigenvalue weighted by molar-refractivity contribution is 7.80. The van der Waals surface area contributed by atoms with E-state index in [0.717, 1.165) is 0 Å². The summed E-state index contributed by atoms with van der Waals surface area (Å²) < 4.78 is 33.4. The molecule has 102 valence electrons. The van der Waals surface area contributed by atoms with Gasteiger partial charge in [0, 0.05) is 4.90 Å². The first-order chi connectivity index (χ1) is 8.99. The van der Waals surface area contributed by atoms with E-state index in [1.807, 2.05) is 0 Å². The van der Waals surface area contributed by atoms with Gasteiger partial charge in [-0.2, -0.15) is 14.0 Å². The molecule has 19 heavy (non-hydrogen) atoms. The second-order valence-corrected chi connectivity index (χ2v) is 3.89. The third-order valence-corrected chi connectivity index (χ3v) is 2.62. The fourth-order valence-electron chi connectivity index (χ4n) is 1.47. The smallest absolute Gasteiger partial charge is 0.387 e. The fraction of sp³-hybridized carbons (Fsp3) is 0.333. The molecule has 1 rings (SSSR count). The maximum Gasteiger partial charge on any atom is 0.387 e. The molecule has 0 unspecified atom stereocenters. The molecule has 0 aliphatic carbocycles. The average Bonchev–Trinajstić information content (AvgIpc) is 2.33. The largest absolute Gasteiger partial charge is 0.466 e. The highest BCUT2D eigenvalue weighted by Crippen LogP contribution is 2.29. The van der Waals surface area contributed by atoms with Crippen molar-refractivity contribution < 1.29 is 23.0 Å². The lowest BCUT2D eigenvalue weighted by molar-refractivity contribution is -0.142. The van der Waals surface area contributed by atoms with Gasteiger partial charge in [0.25, 0.3) is 0 Å². The summed E-state index contributed by atoms with van der Waals surface area (Å²) in [4.78, 5) is 11.8. The normalized spacial score (nSPS) is 10.1. The quantitative estimate of drug-likeness (QED) is 0.668. The van der Waals surface area contributed by atoms with Crippen LogP contribution in [0.1, 0.15) is 18.1 Å². The zero-order valence-corrected chi connectivity index (χ0v) is 10.9. The number of hydrogen-bond donors (Lipinski definition) is 1. The van der Waals surface area contributed by atoms with Crippen molar-refractivity contribution in [3.8, 4) is 11.8 Å². The maximum absolute atomic E-state index is 12.2. The van der Waals surface area contributed by atoms with Gasteiger partial charge in [-0.25, -0.2) is 0 Å². The molecule has 0 atom stereocenters. The van der Waals surface area contributed by atoms with Crippen LogP contribution in [0.25, 0.3) is 0 Å². The first-order valence-electron chi connectivity index (χ1n) is 5.35. The van der Waals surface area contributed by atoms with Gasteiger partial charge in [0.15, 0.2) is 0 Å². The van der Waals surface area contributed by atoms with Crippen molar-refractivity contribution in [2.24, 2.45) is 0 Å². The van der Waals surface area contributed by atoms with Crippen LogP contribution in [0.2, 0.25) is 0 Å². The van der Waals surface area contributed by atoms with Crippen LogP contribution in [0.3, 0.4) is 0 Å². The molecule has 0 fully saturated rings. The molecule has 4 nitrogen and oxygen atoms in total. The molecular weight excluding hydrogens is 276 g/mol. The number of ether oxygens (including phenoxy) is 2. The van der Waals surface area contributed by atoms with E-state index in [0.29, 0.717) is 4.90 Å². The van der Waals surface area contributed by atoms with Crippen LogP contribution in [0.15, 0.2) is 17.0 Å². The summed E-state index contributed by atoms with van der Waals surface area (Å²) in [6.45, 7) is -1.22. The second-order valence-electron chi connectivity index (χ2n) is 3.41. The van der Waals surface area contributed by atoms with Crippen LogP contribution in [-0.4, -0.2) is 19.2 Å². The van der Waals surface area contributed by atoms with E-state index in [4.69, 9.17) is 10.00 Å². The summed E-state index contributed by atoms with van der Waals surface area (Å²) in [5, 5.41) is 9.02. The number of thiol groups is 1. The Labute approximate surface area is 114 Å². The first-order valence-corrected chi connectivity index (χ1v) is 5.79. The van der Waals surface area contributed by atoms with Crippen molar-refractivity contribution >= 4 is 18.6 Å². The van der Waals surface area contributed by atoms with E-state index in [-0.39, 0.29) is 29.9 Å². The van der Waals surface area contributed by atoms with Gasteiger partial charge in [0.2, 0.25) is 0 Å². The molecule has 0 saturated carbocycles. The average molecular weight is 287 g/mol. The maximum atomic E-state index is 12.2. The summed E-state index contributed by atoms with van der Waals surface area (Å²) in [6, 6.07) is 4.34. The molecule has 0 spiro atoms. The third kappa shape index (κ3) is 4.10. The molecule has 0 radical (unpaired) electrons. The van der Waals surface area contributed by atoms with Crippen LogP contribution < -0.4 is 4.74 Å². The van der Waals surface area contributed by atoms with Gasteiger partial charge in [-0.3, -0.25) is 4.79 Å². The van der Waals surface area contributed by atoms with E-state index < -0.39 is 12.6 Å². The Hall–Kier alpha value is -1.81. The lowest BCUT2D eigenvalue weighted by Crippen LogP contribution is -2.11. The minimum absolute atomic E-state index is 0.138. The lowest BCUT2D eigenvalue weighted by atomic mass is 10.0. The van der Waals surface area contributed by atoms with Gasteiger partial charge < -0.3 is 9.47 Å². The molecule has 0 bridgehead atoms. The van der Waals surface area contributed by atoms with Crippen molar-refractivity contribution in [2.75, 3.05) is 6.61 Å². The van der Waals surface area contributed by atoms with Crippen LogP contribution >= 0.6 is 12.6 Å². The molecule has 1 aromatic carbocycles. The highest BCUT2D eigenvalue weighted by atomic mass is 32.1. The second kappa shape index (κ2) is 6.95. The Kier molecular flexibility index (Phi) is 5.57. The lowest BCUT2D eigenvalue weighted by Gasteiger charge is -2.12. The molecule has 1 aromatic rings. The summed E-state index contributed by atoms with van der Waals surface area (Å²) in [7, 11) is 0. The Morgan fingerprint density at radius 3 is 2.74 bits per heavy atom. The molecule has 0 aliphatic heterocycles. The predicted molar refractivity (Wildman–Crippen MR) is 65.4 cm³/mol. The van der Waals surface area contributed by atoms with Crippen LogP contribution in [0, 0.1) is 11.3 Å². The molecule has 0 saturated heterocycles. The van der Waals surface area contributed by atoms with Gasteiger partial charge in [0.1, 0.15) is 11.8 Å². The van der Waals surface area contributed by atoms with Crippen molar-refractivity contribution in [1.29, 1.82) is 5.26 Å². The predicted octanol–water partition coefficient (Wildman–Crippen LogP) is 2.55. The van der Waals surface area contributed by atoms with Gasteiger partial charge in [-0.15, -0.1) is 12.6 Å². The van der Waals surface area contributed by atoms with Crippen LogP contribution in [0.5, 0.6) is 5.75 Å². The third-order valence-electron chi connectivity index (χ3n) is 2.20. The van der Waals surface area contributed by atoms with Crippen LogP contribution in [0.4, 0.5) is 8.78 Å². The number of nitriles is 1. The Bertz CT molecular complexity index is 514. The zero-order valence-electron chi connectivity index (χ0n) is 10.0. The number of alkyl halides is 2. The molecular formula is C12H11F2NO3S. The number of hydrogen-bond acceptors (Lipinski definition) is 5. The van der Waals surface area contributed by atoms with Crippen molar-refractivity contribution in [1.82, 2.24) is 0 Å². The number of nitrogens with zero attached hydrogens (tertiary/aromatic N) is 1. The Balaban J connectivity index is 3.14.